The van der Waals surface area contributed by atoms with Crippen LogP contribution in [-0.4, -0.2) is 23.9 Å². The number of carbonyl (C=O) groups excluding carboxylic acids is 1. The summed E-state index contributed by atoms with van der Waals surface area (Å²) in [5.74, 6) is 1.12. The van der Waals surface area contributed by atoms with Gasteiger partial charge in [0.1, 0.15) is 0 Å². The Bertz CT molecular complexity index is 156. The van der Waals surface area contributed by atoms with E-state index in [1.807, 2.05) is 4.90 Å². The molecule has 1 heterocycles. The van der Waals surface area contributed by atoms with E-state index in [0.717, 1.165) is 31.8 Å². The third-order valence-electron chi connectivity index (χ3n) is 2.68. The van der Waals surface area contributed by atoms with Gasteiger partial charge < -0.3 is 4.90 Å². The fraction of sp³-hybridized carbons (Fsp3) is 0.900. The predicted molar refractivity (Wildman–Crippen MR) is 49.9 cm³/mol. The van der Waals surface area contributed by atoms with E-state index in [9.17, 15) is 4.79 Å². The van der Waals surface area contributed by atoms with E-state index >= 15 is 0 Å². The summed E-state index contributed by atoms with van der Waals surface area (Å²) in [4.78, 5) is 13.5. The Morgan fingerprint density at radius 1 is 1.50 bits per heavy atom. The quantitative estimate of drug-likeness (QED) is 0.633. The highest BCUT2D eigenvalue weighted by molar-refractivity contribution is 5.76. The minimum absolute atomic E-state index is 0.355. The molecule has 70 valence electrons. The smallest absolute Gasteiger partial charge is 0.222 e. The zero-order chi connectivity index (χ0) is 8.97. The van der Waals surface area contributed by atoms with Crippen LogP contribution in [0.1, 0.15) is 39.5 Å². The first kappa shape index (κ1) is 9.56. The molecule has 1 aliphatic rings. The molecule has 12 heavy (non-hydrogen) atoms. The van der Waals surface area contributed by atoms with Gasteiger partial charge in [0.15, 0.2) is 0 Å². The van der Waals surface area contributed by atoms with Gasteiger partial charge in [-0.2, -0.15) is 0 Å². The Morgan fingerprint density at radius 3 is 2.75 bits per heavy atom. The zero-order valence-corrected chi connectivity index (χ0v) is 8.18. The molecule has 0 aromatic heterocycles. The van der Waals surface area contributed by atoms with Crippen molar-refractivity contribution in [2.45, 2.75) is 39.5 Å². The van der Waals surface area contributed by atoms with Crippen LogP contribution < -0.4 is 0 Å². The van der Waals surface area contributed by atoms with E-state index in [1.165, 1.54) is 12.8 Å². The Hall–Kier alpha value is -0.530. The van der Waals surface area contributed by atoms with Gasteiger partial charge in [0.25, 0.3) is 0 Å². The normalized spacial score (nSPS) is 23.2. The molecule has 0 spiro atoms. The monoisotopic (exact) mass is 169 g/mol. The highest BCUT2D eigenvalue weighted by Crippen LogP contribution is 2.19. The molecule has 0 radical (unpaired) electrons. The van der Waals surface area contributed by atoms with E-state index < -0.39 is 0 Å². The van der Waals surface area contributed by atoms with Crippen molar-refractivity contribution in [2.75, 3.05) is 13.1 Å². The number of likely N-dealkylation sites (tertiary alicyclic amines) is 1. The molecule has 1 aliphatic heterocycles. The topological polar surface area (TPSA) is 20.3 Å². The maximum Gasteiger partial charge on any atom is 0.222 e. The van der Waals surface area contributed by atoms with E-state index in [4.69, 9.17) is 0 Å². The SMILES string of the molecule is CCCC(=O)N1CCC(CC)C1. The van der Waals surface area contributed by atoms with Gasteiger partial charge in [-0.3, -0.25) is 4.79 Å². The molecule has 1 atom stereocenters. The first-order valence-electron chi connectivity index (χ1n) is 5.05. The molecule has 1 amide bonds. The van der Waals surface area contributed by atoms with Gasteiger partial charge in [-0.1, -0.05) is 20.3 Å². The van der Waals surface area contributed by atoms with Crippen LogP contribution in [0.2, 0.25) is 0 Å². The number of carbonyl (C=O) groups is 1. The molecular formula is C10H19NO. The van der Waals surface area contributed by atoms with Crippen molar-refractivity contribution in [3.63, 3.8) is 0 Å². The Labute approximate surface area is 74.9 Å². The van der Waals surface area contributed by atoms with Gasteiger partial charge in [-0.15, -0.1) is 0 Å². The van der Waals surface area contributed by atoms with Crippen LogP contribution in [0.3, 0.4) is 0 Å². The van der Waals surface area contributed by atoms with Crippen molar-refractivity contribution in [2.24, 2.45) is 5.92 Å². The van der Waals surface area contributed by atoms with Gasteiger partial charge in [-0.25, -0.2) is 0 Å². The molecule has 1 unspecified atom stereocenters. The van der Waals surface area contributed by atoms with Crippen LogP contribution in [0.15, 0.2) is 0 Å². The average molecular weight is 169 g/mol. The van der Waals surface area contributed by atoms with Crippen LogP contribution in [0.25, 0.3) is 0 Å². The Kier molecular flexibility index (Phi) is 3.57. The van der Waals surface area contributed by atoms with Crippen molar-refractivity contribution in [3.05, 3.63) is 0 Å². The summed E-state index contributed by atoms with van der Waals surface area (Å²) < 4.78 is 0. The molecule has 2 heteroatoms. The summed E-state index contributed by atoms with van der Waals surface area (Å²) >= 11 is 0. The second kappa shape index (κ2) is 4.48. The predicted octanol–water partition coefficient (Wildman–Crippen LogP) is 2.04. The largest absolute Gasteiger partial charge is 0.342 e. The number of rotatable bonds is 3. The molecule has 0 aliphatic carbocycles. The highest BCUT2D eigenvalue weighted by Gasteiger charge is 2.23. The van der Waals surface area contributed by atoms with Gasteiger partial charge in [0, 0.05) is 19.5 Å². The minimum Gasteiger partial charge on any atom is -0.342 e. The van der Waals surface area contributed by atoms with Crippen molar-refractivity contribution in [1.82, 2.24) is 4.90 Å². The summed E-state index contributed by atoms with van der Waals surface area (Å²) in [5.41, 5.74) is 0. The molecule has 0 aromatic rings. The molecule has 0 saturated carbocycles. The van der Waals surface area contributed by atoms with Crippen molar-refractivity contribution < 1.29 is 4.79 Å². The van der Waals surface area contributed by atoms with E-state index in [1.54, 1.807) is 0 Å². The summed E-state index contributed by atoms with van der Waals surface area (Å²) in [6, 6.07) is 0. The number of hydrogen-bond donors (Lipinski definition) is 0. The van der Waals surface area contributed by atoms with Gasteiger partial charge in [0.05, 0.1) is 0 Å². The second-order valence-electron chi connectivity index (χ2n) is 3.65. The molecule has 1 rings (SSSR count). The first-order valence-corrected chi connectivity index (χ1v) is 5.05. The molecular weight excluding hydrogens is 150 g/mol. The number of hydrogen-bond acceptors (Lipinski definition) is 1. The minimum atomic E-state index is 0.355. The van der Waals surface area contributed by atoms with Crippen LogP contribution in [0.4, 0.5) is 0 Å². The Morgan fingerprint density at radius 2 is 2.25 bits per heavy atom. The molecule has 0 aromatic carbocycles. The van der Waals surface area contributed by atoms with Crippen LogP contribution in [0.5, 0.6) is 0 Å². The van der Waals surface area contributed by atoms with Crippen molar-refractivity contribution >= 4 is 5.91 Å². The molecule has 2 nitrogen and oxygen atoms in total. The standard InChI is InChI=1S/C10H19NO/c1-3-5-10(12)11-7-6-9(4-2)8-11/h9H,3-8H2,1-2H3. The van der Waals surface area contributed by atoms with E-state index in [-0.39, 0.29) is 0 Å². The lowest BCUT2D eigenvalue weighted by molar-refractivity contribution is -0.130. The van der Waals surface area contributed by atoms with Gasteiger partial charge in [0.2, 0.25) is 5.91 Å². The lowest BCUT2D eigenvalue weighted by Crippen LogP contribution is -2.28. The fourth-order valence-corrected chi connectivity index (χ4v) is 1.76. The average Bonchev–Trinajstić information content (AvgIpc) is 2.52. The molecule has 0 N–H and O–H groups in total. The van der Waals surface area contributed by atoms with Crippen molar-refractivity contribution in [1.29, 1.82) is 0 Å². The van der Waals surface area contributed by atoms with Crippen LogP contribution in [0, 0.1) is 5.92 Å². The summed E-state index contributed by atoms with van der Waals surface area (Å²) in [6.07, 6.45) is 4.14. The lowest BCUT2D eigenvalue weighted by Gasteiger charge is -2.15. The fourth-order valence-electron chi connectivity index (χ4n) is 1.76. The maximum absolute atomic E-state index is 11.4. The van der Waals surface area contributed by atoms with Crippen LogP contribution >= 0.6 is 0 Å². The summed E-state index contributed by atoms with van der Waals surface area (Å²) in [5, 5.41) is 0. The van der Waals surface area contributed by atoms with Gasteiger partial charge >= 0.3 is 0 Å². The molecule has 1 saturated heterocycles. The third-order valence-corrected chi connectivity index (χ3v) is 2.68. The number of nitrogens with zero attached hydrogens (tertiary/aromatic N) is 1. The van der Waals surface area contributed by atoms with Crippen molar-refractivity contribution in [3.8, 4) is 0 Å². The lowest BCUT2D eigenvalue weighted by atomic mass is 10.1. The highest BCUT2D eigenvalue weighted by atomic mass is 16.2. The maximum atomic E-state index is 11.4. The zero-order valence-electron chi connectivity index (χ0n) is 8.18. The third kappa shape index (κ3) is 2.23. The van der Waals surface area contributed by atoms with Crippen LogP contribution in [-0.2, 0) is 4.79 Å². The summed E-state index contributed by atoms with van der Waals surface area (Å²) in [7, 11) is 0. The molecule has 1 fully saturated rings. The van der Waals surface area contributed by atoms with E-state index in [0.29, 0.717) is 5.91 Å². The van der Waals surface area contributed by atoms with E-state index in [2.05, 4.69) is 13.8 Å². The Balaban J connectivity index is 2.31. The first-order chi connectivity index (χ1) is 5.77. The summed E-state index contributed by atoms with van der Waals surface area (Å²) in [6.45, 7) is 6.27. The second-order valence-corrected chi connectivity index (χ2v) is 3.65. The number of amides is 1. The van der Waals surface area contributed by atoms with Gasteiger partial charge in [-0.05, 0) is 18.8 Å². The molecule has 0 bridgehead atoms.